The van der Waals surface area contributed by atoms with Crippen molar-refractivity contribution in [2.24, 2.45) is 0 Å². The number of carbonyl (C=O) groups excluding carboxylic acids is 1. The third-order valence-corrected chi connectivity index (χ3v) is 2.51. The van der Waals surface area contributed by atoms with Crippen LogP contribution in [0.2, 0.25) is 0 Å². The standard InChI is InChI=1S/C12H17NO2/c1-4-9(12(14)15-3)10-7-8(2)5-6-11(10)13/h5-7,9H,4,13H2,1-3H3. The van der Waals surface area contributed by atoms with Gasteiger partial charge in [-0.25, -0.2) is 0 Å². The zero-order chi connectivity index (χ0) is 11.4. The van der Waals surface area contributed by atoms with E-state index < -0.39 is 0 Å². The molecule has 0 bridgehead atoms. The second kappa shape index (κ2) is 4.82. The van der Waals surface area contributed by atoms with E-state index in [1.165, 1.54) is 7.11 Å². The van der Waals surface area contributed by atoms with E-state index in [0.29, 0.717) is 12.1 Å². The molecule has 0 aliphatic carbocycles. The first-order chi connectivity index (χ1) is 7.10. The van der Waals surface area contributed by atoms with E-state index in [9.17, 15) is 4.79 Å². The molecule has 3 heteroatoms. The highest BCUT2D eigenvalue weighted by atomic mass is 16.5. The Bertz CT molecular complexity index is 361. The monoisotopic (exact) mass is 207 g/mol. The number of anilines is 1. The van der Waals surface area contributed by atoms with Crippen LogP contribution in [0, 0.1) is 6.92 Å². The average Bonchev–Trinajstić information content (AvgIpc) is 2.23. The van der Waals surface area contributed by atoms with Crippen molar-refractivity contribution in [2.75, 3.05) is 12.8 Å². The number of methoxy groups -OCH3 is 1. The Balaban J connectivity index is 3.11. The molecule has 0 spiro atoms. The number of aryl methyl sites for hydroxylation is 1. The van der Waals surface area contributed by atoms with Crippen LogP contribution in [-0.4, -0.2) is 13.1 Å². The first-order valence-electron chi connectivity index (χ1n) is 5.04. The van der Waals surface area contributed by atoms with Crippen LogP contribution in [0.1, 0.15) is 30.4 Å². The molecule has 0 saturated heterocycles. The number of hydrogen-bond acceptors (Lipinski definition) is 3. The predicted octanol–water partition coefficient (Wildman–Crippen LogP) is 2.24. The van der Waals surface area contributed by atoms with E-state index in [-0.39, 0.29) is 11.9 Å². The summed E-state index contributed by atoms with van der Waals surface area (Å²) in [6.45, 7) is 3.93. The van der Waals surface area contributed by atoms with E-state index in [2.05, 4.69) is 0 Å². The van der Waals surface area contributed by atoms with Gasteiger partial charge in [-0.1, -0.05) is 24.6 Å². The lowest BCUT2D eigenvalue weighted by atomic mass is 9.93. The van der Waals surface area contributed by atoms with Gasteiger partial charge in [-0.15, -0.1) is 0 Å². The number of nitrogens with two attached hydrogens (primary N) is 1. The molecule has 82 valence electrons. The van der Waals surface area contributed by atoms with Crippen LogP contribution in [0.4, 0.5) is 5.69 Å². The maximum Gasteiger partial charge on any atom is 0.313 e. The molecule has 0 fully saturated rings. The number of hydrogen-bond donors (Lipinski definition) is 1. The summed E-state index contributed by atoms with van der Waals surface area (Å²) in [5, 5.41) is 0. The molecule has 1 aromatic carbocycles. The van der Waals surface area contributed by atoms with Crippen LogP contribution < -0.4 is 5.73 Å². The fourth-order valence-electron chi connectivity index (χ4n) is 1.65. The number of esters is 1. The minimum Gasteiger partial charge on any atom is -0.469 e. The molecular weight excluding hydrogens is 190 g/mol. The SMILES string of the molecule is CCC(C(=O)OC)c1cc(C)ccc1N. The van der Waals surface area contributed by atoms with Crippen molar-refractivity contribution < 1.29 is 9.53 Å². The van der Waals surface area contributed by atoms with Gasteiger partial charge >= 0.3 is 5.97 Å². The van der Waals surface area contributed by atoms with Gasteiger partial charge in [0, 0.05) is 5.69 Å². The highest BCUT2D eigenvalue weighted by molar-refractivity contribution is 5.80. The summed E-state index contributed by atoms with van der Waals surface area (Å²) in [5.41, 5.74) is 8.47. The van der Waals surface area contributed by atoms with Gasteiger partial charge < -0.3 is 10.5 Å². The number of nitrogen functional groups attached to an aromatic ring is 1. The van der Waals surface area contributed by atoms with Crippen LogP contribution in [-0.2, 0) is 9.53 Å². The fraction of sp³-hybridized carbons (Fsp3) is 0.417. The maximum absolute atomic E-state index is 11.5. The minimum absolute atomic E-state index is 0.227. The summed E-state index contributed by atoms with van der Waals surface area (Å²) < 4.78 is 4.76. The Kier molecular flexibility index (Phi) is 3.72. The first kappa shape index (κ1) is 11.6. The molecule has 3 nitrogen and oxygen atoms in total. The zero-order valence-electron chi connectivity index (χ0n) is 9.41. The molecule has 2 N–H and O–H groups in total. The summed E-state index contributed by atoms with van der Waals surface area (Å²) in [7, 11) is 1.40. The van der Waals surface area contributed by atoms with Crippen molar-refractivity contribution in [3.8, 4) is 0 Å². The van der Waals surface area contributed by atoms with Crippen LogP contribution in [0.5, 0.6) is 0 Å². The van der Waals surface area contributed by atoms with E-state index in [1.54, 1.807) is 0 Å². The molecule has 1 aromatic rings. The first-order valence-corrected chi connectivity index (χ1v) is 5.04. The Morgan fingerprint density at radius 3 is 2.73 bits per heavy atom. The molecule has 0 saturated carbocycles. The van der Waals surface area contributed by atoms with Gasteiger partial charge in [-0.05, 0) is 25.0 Å². The molecule has 15 heavy (non-hydrogen) atoms. The average molecular weight is 207 g/mol. The molecular formula is C12H17NO2. The lowest BCUT2D eigenvalue weighted by Gasteiger charge is -2.15. The summed E-state index contributed by atoms with van der Waals surface area (Å²) >= 11 is 0. The molecule has 0 aliphatic rings. The normalized spacial score (nSPS) is 12.2. The van der Waals surface area contributed by atoms with E-state index in [4.69, 9.17) is 10.5 Å². The molecule has 0 aliphatic heterocycles. The van der Waals surface area contributed by atoms with Crippen molar-refractivity contribution in [3.63, 3.8) is 0 Å². The van der Waals surface area contributed by atoms with Gasteiger partial charge in [0.15, 0.2) is 0 Å². The van der Waals surface area contributed by atoms with Crippen LogP contribution in [0.15, 0.2) is 18.2 Å². The minimum atomic E-state index is -0.255. The van der Waals surface area contributed by atoms with Crippen molar-refractivity contribution >= 4 is 11.7 Å². The Labute approximate surface area is 90.2 Å². The van der Waals surface area contributed by atoms with E-state index in [1.807, 2.05) is 32.0 Å². The lowest BCUT2D eigenvalue weighted by Crippen LogP contribution is -2.15. The van der Waals surface area contributed by atoms with Crippen molar-refractivity contribution in [3.05, 3.63) is 29.3 Å². The third kappa shape index (κ3) is 2.49. The third-order valence-electron chi connectivity index (χ3n) is 2.51. The lowest BCUT2D eigenvalue weighted by molar-refractivity contribution is -0.142. The van der Waals surface area contributed by atoms with Gasteiger partial charge in [-0.2, -0.15) is 0 Å². The highest BCUT2D eigenvalue weighted by Crippen LogP contribution is 2.27. The van der Waals surface area contributed by atoms with Crippen molar-refractivity contribution in [1.82, 2.24) is 0 Å². The van der Waals surface area contributed by atoms with Crippen molar-refractivity contribution in [1.29, 1.82) is 0 Å². The van der Waals surface area contributed by atoms with Gasteiger partial charge in [0.05, 0.1) is 13.0 Å². The predicted molar refractivity (Wildman–Crippen MR) is 60.6 cm³/mol. The highest BCUT2D eigenvalue weighted by Gasteiger charge is 2.21. The van der Waals surface area contributed by atoms with Gasteiger partial charge in [-0.3, -0.25) is 4.79 Å². The molecule has 0 heterocycles. The van der Waals surface area contributed by atoms with Crippen LogP contribution in [0.3, 0.4) is 0 Å². The maximum atomic E-state index is 11.5. The topological polar surface area (TPSA) is 52.3 Å². The molecule has 0 aromatic heterocycles. The Hall–Kier alpha value is -1.51. The molecule has 0 amide bonds. The second-order valence-corrected chi connectivity index (χ2v) is 3.62. The van der Waals surface area contributed by atoms with Crippen LogP contribution in [0.25, 0.3) is 0 Å². The number of benzene rings is 1. The number of ether oxygens (including phenoxy) is 1. The summed E-state index contributed by atoms with van der Waals surface area (Å²) in [5.74, 6) is -0.482. The Morgan fingerprint density at radius 2 is 2.20 bits per heavy atom. The Morgan fingerprint density at radius 1 is 1.53 bits per heavy atom. The smallest absolute Gasteiger partial charge is 0.313 e. The summed E-state index contributed by atoms with van der Waals surface area (Å²) in [6.07, 6.45) is 0.695. The van der Waals surface area contributed by atoms with Gasteiger partial charge in [0.2, 0.25) is 0 Å². The largest absolute Gasteiger partial charge is 0.469 e. The van der Waals surface area contributed by atoms with Gasteiger partial charge in [0.1, 0.15) is 0 Å². The number of carbonyl (C=O) groups is 1. The van der Waals surface area contributed by atoms with Gasteiger partial charge in [0.25, 0.3) is 0 Å². The summed E-state index contributed by atoms with van der Waals surface area (Å²) in [6, 6.07) is 5.71. The molecule has 1 atom stereocenters. The quantitative estimate of drug-likeness (QED) is 0.611. The molecule has 1 rings (SSSR count). The van der Waals surface area contributed by atoms with E-state index in [0.717, 1.165) is 11.1 Å². The van der Waals surface area contributed by atoms with E-state index >= 15 is 0 Å². The van der Waals surface area contributed by atoms with Crippen molar-refractivity contribution in [2.45, 2.75) is 26.2 Å². The number of rotatable bonds is 3. The fourth-order valence-corrected chi connectivity index (χ4v) is 1.65. The van der Waals surface area contributed by atoms with Crippen LogP contribution >= 0.6 is 0 Å². The second-order valence-electron chi connectivity index (χ2n) is 3.62. The summed E-state index contributed by atoms with van der Waals surface area (Å²) in [4.78, 5) is 11.5. The molecule has 1 unspecified atom stereocenters. The zero-order valence-corrected chi connectivity index (χ0v) is 9.41. The molecule has 0 radical (unpaired) electrons.